The number of unbranched alkanes of at least 4 members (excludes halogenated alkanes) is 9. The molecule has 1 unspecified atom stereocenters. The van der Waals surface area contributed by atoms with Crippen LogP contribution < -0.4 is 0 Å². The molecule has 0 saturated heterocycles. The van der Waals surface area contributed by atoms with Crippen LogP contribution >= 0.6 is 0 Å². The first kappa shape index (κ1) is 18.2. The molecule has 3 nitrogen and oxygen atoms in total. The summed E-state index contributed by atoms with van der Waals surface area (Å²) in [6, 6.07) is 0. The minimum Gasteiger partial charge on any atom is -0.433 e. The second-order valence-electron chi connectivity index (χ2n) is 5.07. The Hall–Kier alpha value is -0.830. The minimum absolute atomic E-state index is 0.524. The van der Waals surface area contributed by atoms with Crippen molar-refractivity contribution in [3.8, 4) is 0 Å². The van der Waals surface area contributed by atoms with E-state index in [1.54, 1.807) is 0 Å². The van der Waals surface area contributed by atoms with Crippen molar-refractivity contribution >= 4 is 5.97 Å². The number of rotatable bonds is 13. The Morgan fingerprint density at radius 1 is 1.05 bits per heavy atom. The first-order chi connectivity index (χ1) is 9.20. The van der Waals surface area contributed by atoms with Crippen molar-refractivity contribution in [2.75, 3.05) is 0 Å². The summed E-state index contributed by atoms with van der Waals surface area (Å²) in [4.78, 5) is 10.8. The number of carbonyl (C=O) groups excluding carboxylic acids is 1. The van der Waals surface area contributed by atoms with Gasteiger partial charge < -0.3 is 9.84 Å². The van der Waals surface area contributed by atoms with Crippen molar-refractivity contribution in [2.45, 2.75) is 83.8 Å². The first-order valence-corrected chi connectivity index (χ1v) is 7.71. The smallest absolute Gasteiger partial charge is 0.332 e. The summed E-state index contributed by atoms with van der Waals surface area (Å²) in [5, 5.41) is 9.38. The summed E-state index contributed by atoms with van der Waals surface area (Å²) in [5.41, 5.74) is 0. The van der Waals surface area contributed by atoms with E-state index in [1.165, 1.54) is 51.4 Å². The van der Waals surface area contributed by atoms with E-state index in [0.29, 0.717) is 6.42 Å². The van der Waals surface area contributed by atoms with E-state index in [1.807, 2.05) is 0 Å². The molecule has 1 atom stereocenters. The van der Waals surface area contributed by atoms with E-state index >= 15 is 0 Å². The molecule has 0 aliphatic heterocycles. The zero-order chi connectivity index (χ0) is 14.3. The molecule has 0 aromatic rings. The average Bonchev–Trinajstić information content (AvgIpc) is 2.40. The van der Waals surface area contributed by atoms with Crippen LogP contribution in [0, 0.1) is 0 Å². The molecule has 0 rings (SSSR count). The molecule has 0 aromatic carbocycles. The fraction of sp³-hybridized carbons (Fsp3) is 0.812. The van der Waals surface area contributed by atoms with Gasteiger partial charge in [-0.3, -0.25) is 0 Å². The average molecular weight is 270 g/mol. The number of carbonyl (C=O) groups is 1. The number of aliphatic hydroxyl groups is 1. The molecule has 0 spiro atoms. The highest BCUT2D eigenvalue weighted by Gasteiger charge is 2.07. The van der Waals surface area contributed by atoms with E-state index in [9.17, 15) is 9.90 Å². The maximum Gasteiger partial charge on any atom is 0.332 e. The maximum atomic E-state index is 10.8. The summed E-state index contributed by atoms with van der Waals surface area (Å²) < 4.78 is 4.68. The zero-order valence-corrected chi connectivity index (χ0v) is 12.4. The van der Waals surface area contributed by atoms with Crippen molar-refractivity contribution in [1.82, 2.24) is 0 Å². The molecule has 0 aliphatic rings. The molecule has 0 heterocycles. The fourth-order valence-electron chi connectivity index (χ4n) is 2.05. The lowest BCUT2D eigenvalue weighted by Crippen LogP contribution is -2.15. The predicted octanol–water partition coefficient (Wildman–Crippen LogP) is 4.35. The van der Waals surface area contributed by atoms with E-state index in [0.717, 1.165) is 18.9 Å². The molecular formula is C16H30O3. The van der Waals surface area contributed by atoms with E-state index < -0.39 is 12.3 Å². The number of hydrogen-bond acceptors (Lipinski definition) is 3. The molecule has 0 radical (unpaired) electrons. The van der Waals surface area contributed by atoms with Crippen molar-refractivity contribution in [3.05, 3.63) is 12.7 Å². The Morgan fingerprint density at radius 3 is 2.00 bits per heavy atom. The van der Waals surface area contributed by atoms with Crippen LogP contribution in [0.2, 0.25) is 0 Å². The van der Waals surface area contributed by atoms with E-state index in [2.05, 4.69) is 18.2 Å². The number of ether oxygens (including phenoxy) is 1. The predicted molar refractivity (Wildman–Crippen MR) is 78.8 cm³/mol. The molecule has 19 heavy (non-hydrogen) atoms. The summed E-state index contributed by atoms with van der Waals surface area (Å²) in [6.07, 6.45) is 13.2. The second kappa shape index (κ2) is 13.6. The summed E-state index contributed by atoms with van der Waals surface area (Å²) in [5.74, 6) is -0.556. The fourth-order valence-corrected chi connectivity index (χ4v) is 2.05. The molecule has 0 saturated carbocycles. The van der Waals surface area contributed by atoms with Crippen LogP contribution in [-0.4, -0.2) is 17.4 Å². The van der Waals surface area contributed by atoms with E-state index in [-0.39, 0.29) is 0 Å². The van der Waals surface area contributed by atoms with Crippen LogP contribution in [0.25, 0.3) is 0 Å². The van der Waals surface area contributed by atoms with Gasteiger partial charge in [-0.05, 0) is 6.42 Å². The van der Waals surface area contributed by atoms with Crippen LogP contribution in [-0.2, 0) is 9.53 Å². The van der Waals surface area contributed by atoms with Gasteiger partial charge in [0.15, 0.2) is 0 Å². The Labute approximate surface area is 118 Å². The van der Waals surface area contributed by atoms with Gasteiger partial charge in [-0.15, -0.1) is 0 Å². The summed E-state index contributed by atoms with van der Waals surface area (Å²) >= 11 is 0. The topological polar surface area (TPSA) is 46.5 Å². The lowest BCUT2D eigenvalue weighted by molar-refractivity contribution is -0.162. The molecule has 0 bridgehead atoms. The summed E-state index contributed by atoms with van der Waals surface area (Å²) in [7, 11) is 0. The monoisotopic (exact) mass is 270 g/mol. The van der Waals surface area contributed by atoms with E-state index in [4.69, 9.17) is 0 Å². The lowest BCUT2D eigenvalue weighted by atomic mass is 10.1. The van der Waals surface area contributed by atoms with Gasteiger partial charge in [0.05, 0.1) is 0 Å². The van der Waals surface area contributed by atoms with Crippen molar-refractivity contribution in [2.24, 2.45) is 0 Å². The SMILES string of the molecule is C=CC(=O)OC(O)CCCCCCCCCCCC. The quantitative estimate of drug-likeness (QED) is 0.234. The Morgan fingerprint density at radius 2 is 1.53 bits per heavy atom. The number of hydrogen-bond donors (Lipinski definition) is 1. The van der Waals surface area contributed by atoms with Gasteiger partial charge in [0.1, 0.15) is 0 Å². The first-order valence-electron chi connectivity index (χ1n) is 7.71. The zero-order valence-electron chi connectivity index (χ0n) is 12.4. The highest BCUT2D eigenvalue weighted by atomic mass is 16.6. The third-order valence-corrected chi connectivity index (χ3v) is 3.22. The normalized spacial score (nSPS) is 12.1. The van der Waals surface area contributed by atoms with Gasteiger partial charge in [-0.1, -0.05) is 71.3 Å². The molecule has 112 valence electrons. The van der Waals surface area contributed by atoms with Gasteiger partial charge in [0.25, 0.3) is 0 Å². The third kappa shape index (κ3) is 13.4. The van der Waals surface area contributed by atoms with Crippen molar-refractivity contribution in [3.63, 3.8) is 0 Å². The van der Waals surface area contributed by atoms with Crippen LogP contribution in [0.1, 0.15) is 77.6 Å². The van der Waals surface area contributed by atoms with Gasteiger partial charge in [-0.2, -0.15) is 0 Å². The molecule has 0 amide bonds. The Bertz CT molecular complexity index is 226. The number of aliphatic hydroxyl groups excluding tert-OH is 1. The molecular weight excluding hydrogens is 240 g/mol. The summed E-state index contributed by atoms with van der Waals surface area (Å²) in [6.45, 7) is 5.52. The second-order valence-corrected chi connectivity index (χ2v) is 5.07. The number of esters is 1. The van der Waals surface area contributed by atoms with Crippen molar-refractivity contribution < 1.29 is 14.6 Å². The maximum absolute atomic E-state index is 10.8. The molecule has 0 fully saturated rings. The van der Waals surface area contributed by atoms with Gasteiger partial charge in [0, 0.05) is 12.5 Å². The van der Waals surface area contributed by atoms with Gasteiger partial charge in [0.2, 0.25) is 6.29 Å². The van der Waals surface area contributed by atoms with Crippen LogP contribution in [0.3, 0.4) is 0 Å². The minimum atomic E-state index is -0.973. The highest BCUT2D eigenvalue weighted by Crippen LogP contribution is 2.12. The standard InChI is InChI=1S/C16H30O3/c1-3-5-6-7-8-9-10-11-12-13-14-16(18)19-15(17)4-2/h4,16,18H,2-3,5-14H2,1H3. The molecule has 0 aliphatic carbocycles. The highest BCUT2D eigenvalue weighted by molar-refractivity contribution is 5.81. The van der Waals surface area contributed by atoms with Crippen LogP contribution in [0.5, 0.6) is 0 Å². The lowest BCUT2D eigenvalue weighted by Gasteiger charge is -2.10. The van der Waals surface area contributed by atoms with Crippen LogP contribution in [0.15, 0.2) is 12.7 Å². The molecule has 0 aromatic heterocycles. The Balaban J connectivity index is 3.18. The van der Waals surface area contributed by atoms with Crippen LogP contribution in [0.4, 0.5) is 0 Å². The Kier molecular flexibility index (Phi) is 13.0. The van der Waals surface area contributed by atoms with Gasteiger partial charge in [-0.25, -0.2) is 4.79 Å². The molecule has 1 N–H and O–H groups in total. The van der Waals surface area contributed by atoms with Gasteiger partial charge >= 0.3 is 5.97 Å². The third-order valence-electron chi connectivity index (χ3n) is 3.22. The van der Waals surface area contributed by atoms with Crippen molar-refractivity contribution in [1.29, 1.82) is 0 Å². The molecule has 3 heteroatoms. The largest absolute Gasteiger partial charge is 0.433 e.